The second-order valence-electron chi connectivity index (χ2n) is 3.20. The van der Waals surface area contributed by atoms with E-state index in [4.69, 9.17) is 5.11 Å². The molecule has 0 spiro atoms. The lowest BCUT2D eigenvalue weighted by atomic mass is 10.1. The summed E-state index contributed by atoms with van der Waals surface area (Å²) in [7, 11) is 0. The molecular weight excluding hydrogens is 220 g/mol. The third-order valence-corrected chi connectivity index (χ3v) is 3.45. The van der Waals surface area contributed by atoms with Gasteiger partial charge in [0.1, 0.15) is 0 Å². The maximum Gasteiger partial charge on any atom is 0.332 e. The first-order valence-electron chi connectivity index (χ1n) is 5.39. The fourth-order valence-electron chi connectivity index (χ4n) is 1.48. The maximum atomic E-state index is 10.9. The molecule has 0 fully saturated rings. The average molecular weight is 236 g/mol. The van der Waals surface area contributed by atoms with Crippen molar-refractivity contribution in [3.63, 3.8) is 0 Å². The number of rotatable bonds is 1. The van der Waals surface area contributed by atoms with Crippen LogP contribution in [0.5, 0.6) is 0 Å². The van der Waals surface area contributed by atoms with Crippen LogP contribution in [0, 0.1) is 0 Å². The second kappa shape index (κ2) is 5.75. The van der Waals surface area contributed by atoms with Crippen LogP contribution in [0.25, 0.3) is 6.08 Å². The van der Waals surface area contributed by atoms with Gasteiger partial charge in [0.2, 0.25) is 0 Å². The van der Waals surface area contributed by atoms with Gasteiger partial charge in [-0.3, -0.25) is 0 Å². The number of hydrogen-bond donors (Lipinski definition) is 1. The molecule has 1 heterocycles. The average Bonchev–Trinajstić information content (AvgIpc) is 2.30. The predicted octanol–water partition coefficient (Wildman–Crippen LogP) is 3.68. The summed E-state index contributed by atoms with van der Waals surface area (Å²) in [5, 5.41) is 8.98. The number of carboxylic acids is 1. The molecule has 1 N–H and O–H groups in total. The first kappa shape index (κ1) is 12.8. The Bertz CT molecular complexity index is 410. The van der Waals surface area contributed by atoms with Gasteiger partial charge in [-0.25, -0.2) is 4.79 Å². The molecule has 0 saturated heterocycles. The molecule has 0 bridgehead atoms. The molecule has 1 unspecified atom stereocenters. The van der Waals surface area contributed by atoms with E-state index in [0.29, 0.717) is 5.57 Å². The Hall–Kier alpha value is -1.22. The fraction of sp³-hybridized carbons (Fsp3) is 0.308. The van der Waals surface area contributed by atoms with Crippen molar-refractivity contribution in [2.45, 2.75) is 30.9 Å². The molecule has 86 valence electrons. The lowest BCUT2D eigenvalue weighted by Gasteiger charge is -2.19. The Labute approximate surface area is 100 Å². The zero-order chi connectivity index (χ0) is 12.1. The lowest BCUT2D eigenvalue weighted by molar-refractivity contribution is -0.132. The third kappa shape index (κ3) is 2.67. The van der Waals surface area contributed by atoms with Crippen LogP contribution in [0.2, 0.25) is 0 Å². The van der Waals surface area contributed by atoms with Crippen LogP contribution in [-0.2, 0) is 4.79 Å². The van der Waals surface area contributed by atoms with Gasteiger partial charge in [0.15, 0.2) is 0 Å². The summed E-state index contributed by atoms with van der Waals surface area (Å²) in [5.41, 5.74) is 1.49. The molecule has 2 rings (SSSR count). The molecule has 1 aromatic carbocycles. The predicted molar refractivity (Wildman–Crippen MR) is 68.7 cm³/mol. The van der Waals surface area contributed by atoms with Crippen LogP contribution >= 0.6 is 11.8 Å². The molecule has 1 atom stereocenters. The van der Waals surface area contributed by atoms with Gasteiger partial charge in [0.05, 0.1) is 5.57 Å². The van der Waals surface area contributed by atoms with Crippen molar-refractivity contribution in [3.05, 3.63) is 35.4 Å². The largest absolute Gasteiger partial charge is 0.478 e. The van der Waals surface area contributed by atoms with Crippen LogP contribution in [0.1, 0.15) is 26.3 Å². The first-order chi connectivity index (χ1) is 7.68. The van der Waals surface area contributed by atoms with E-state index in [9.17, 15) is 4.79 Å². The van der Waals surface area contributed by atoms with E-state index in [-0.39, 0.29) is 5.25 Å². The van der Waals surface area contributed by atoms with Crippen LogP contribution < -0.4 is 0 Å². The summed E-state index contributed by atoms with van der Waals surface area (Å²) in [5.74, 6) is -0.820. The summed E-state index contributed by atoms with van der Waals surface area (Å²) in [4.78, 5) is 12.1. The van der Waals surface area contributed by atoms with Crippen molar-refractivity contribution < 1.29 is 9.90 Å². The molecule has 3 heteroatoms. The maximum absolute atomic E-state index is 10.9. The lowest BCUT2D eigenvalue weighted by Crippen LogP contribution is -2.14. The molecule has 16 heavy (non-hydrogen) atoms. The molecule has 0 aromatic heterocycles. The highest BCUT2D eigenvalue weighted by molar-refractivity contribution is 8.00. The molecule has 0 aliphatic carbocycles. The van der Waals surface area contributed by atoms with Gasteiger partial charge in [-0.05, 0) is 24.6 Å². The van der Waals surface area contributed by atoms with Crippen molar-refractivity contribution in [1.82, 2.24) is 0 Å². The van der Waals surface area contributed by atoms with Crippen molar-refractivity contribution in [1.29, 1.82) is 0 Å². The molecule has 1 aliphatic rings. The molecular formula is C13H16O2S. The number of aliphatic carboxylic acids is 1. The van der Waals surface area contributed by atoms with E-state index in [0.717, 1.165) is 10.5 Å². The van der Waals surface area contributed by atoms with Crippen LogP contribution in [0.4, 0.5) is 0 Å². The number of carbonyl (C=O) groups is 1. The van der Waals surface area contributed by atoms with Gasteiger partial charge in [0.25, 0.3) is 0 Å². The molecule has 0 amide bonds. The van der Waals surface area contributed by atoms with E-state index in [1.807, 2.05) is 45.0 Å². The Kier molecular flexibility index (Phi) is 4.62. The number of benzene rings is 1. The minimum Gasteiger partial charge on any atom is -0.478 e. The Morgan fingerprint density at radius 2 is 1.94 bits per heavy atom. The monoisotopic (exact) mass is 236 g/mol. The number of carboxylic acid groups (broad SMARTS) is 1. The van der Waals surface area contributed by atoms with Crippen LogP contribution in [0.3, 0.4) is 0 Å². The number of fused-ring (bicyclic) bond motifs is 1. The minimum absolute atomic E-state index is 0.0300. The molecule has 2 nitrogen and oxygen atoms in total. The van der Waals surface area contributed by atoms with E-state index in [2.05, 4.69) is 0 Å². The van der Waals surface area contributed by atoms with Gasteiger partial charge >= 0.3 is 5.97 Å². The van der Waals surface area contributed by atoms with Gasteiger partial charge in [-0.15, -0.1) is 11.8 Å². The molecule has 1 aliphatic heterocycles. The normalized spacial score (nSPS) is 17.7. The van der Waals surface area contributed by atoms with Crippen LogP contribution in [-0.4, -0.2) is 16.3 Å². The Morgan fingerprint density at radius 3 is 2.56 bits per heavy atom. The standard InChI is InChI=1S/C11H10O2S.C2H6/c1-7-9(11(12)13)6-8-4-2-3-5-10(8)14-7;1-2/h2-7H,1H3,(H,12,13);1-2H3. The Balaban J connectivity index is 0.000000606. The number of hydrogen-bond acceptors (Lipinski definition) is 2. The van der Waals surface area contributed by atoms with Gasteiger partial charge in [0, 0.05) is 10.1 Å². The topological polar surface area (TPSA) is 37.3 Å². The zero-order valence-corrected chi connectivity index (χ0v) is 10.5. The summed E-state index contributed by atoms with van der Waals surface area (Å²) < 4.78 is 0. The summed E-state index contributed by atoms with van der Waals surface area (Å²) in [6, 6.07) is 7.85. The molecule has 0 radical (unpaired) electrons. The van der Waals surface area contributed by atoms with Gasteiger partial charge in [-0.2, -0.15) is 0 Å². The molecule has 0 saturated carbocycles. The highest BCUT2D eigenvalue weighted by Gasteiger charge is 2.22. The number of thioether (sulfide) groups is 1. The van der Waals surface area contributed by atoms with Gasteiger partial charge in [-0.1, -0.05) is 32.0 Å². The quantitative estimate of drug-likeness (QED) is 0.808. The second-order valence-corrected chi connectivity index (χ2v) is 4.59. The summed E-state index contributed by atoms with van der Waals surface area (Å²) >= 11 is 1.60. The summed E-state index contributed by atoms with van der Waals surface area (Å²) in [6.07, 6.45) is 1.76. The summed E-state index contributed by atoms with van der Waals surface area (Å²) in [6.45, 7) is 5.92. The molecule has 1 aromatic rings. The van der Waals surface area contributed by atoms with Crippen molar-refractivity contribution >= 4 is 23.8 Å². The smallest absolute Gasteiger partial charge is 0.332 e. The zero-order valence-electron chi connectivity index (χ0n) is 9.73. The van der Waals surface area contributed by atoms with E-state index in [1.54, 1.807) is 17.8 Å². The SMILES string of the molecule is CC.CC1Sc2ccccc2C=C1C(=O)O. The third-order valence-electron chi connectivity index (χ3n) is 2.22. The highest BCUT2D eigenvalue weighted by Crippen LogP contribution is 2.36. The first-order valence-corrected chi connectivity index (χ1v) is 6.27. The van der Waals surface area contributed by atoms with Crippen molar-refractivity contribution in [2.75, 3.05) is 0 Å². The van der Waals surface area contributed by atoms with E-state index in [1.165, 1.54) is 0 Å². The van der Waals surface area contributed by atoms with Gasteiger partial charge < -0.3 is 5.11 Å². The van der Waals surface area contributed by atoms with Crippen molar-refractivity contribution in [2.24, 2.45) is 0 Å². The van der Waals surface area contributed by atoms with E-state index < -0.39 is 5.97 Å². The van der Waals surface area contributed by atoms with Crippen molar-refractivity contribution in [3.8, 4) is 0 Å². The van der Waals surface area contributed by atoms with Crippen LogP contribution in [0.15, 0.2) is 34.7 Å². The highest BCUT2D eigenvalue weighted by atomic mass is 32.2. The Morgan fingerprint density at radius 1 is 1.31 bits per heavy atom. The fourth-order valence-corrected chi connectivity index (χ4v) is 2.58. The minimum atomic E-state index is -0.820. The van der Waals surface area contributed by atoms with E-state index >= 15 is 0 Å².